The standard InChI is InChI=1S/C17H26N2O2.ClH/c1-4-13-5-7-14(8-6-13)17(2,3)19-16(20)11-15-12-21-10-9-18-15;/h5-8,15,18H,4,9-12H2,1-3H3,(H,19,20);1H. The highest BCUT2D eigenvalue weighted by molar-refractivity contribution is 5.85. The largest absolute Gasteiger partial charge is 0.378 e. The highest BCUT2D eigenvalue weighted by atomic mass is 35.5. The number of amides is 1. The first kappa shape index (κ1) is 18.9. The van der Waals surface area contributed by atoms with E-state index in [2.05, 4.69) is 41.8 Å². The lowest BCUT2D eigenvalue weighted by atomic mass is 9.92. The summed E-state index contributed by atoms with van der Waals surface area (Å²) in [5.74, 6) is 0.0579. The molecule has 0 radical (unpaired) electrons. The fourth-order valence-electron chi connectivity index (χ4n) is 2.60. The van der Waals surface area contributed by atoms with Crippen LogP contribution in [0.15, 0.2) is 24.3 Å². The molecule has 1 aromatic carbocycles. The van der Waals surface area contributed by atoms with Crippen LogP contribution in [0.25, 0.3) is 0 Å². The van der Waals surface area contributed by atoms with Crippen molar-refractivity contribution in [1.82, 2.24) is 10.6 Å². The summed E-state index contributed by atoms with van der Waals surface area (Å²) in [5.41, 5.74) is 2.07. The summed E-state index contributed by atoms with van der Waals surface area (Å²) >= 11 is 0. The van der Waals surface area contributed by atoms with E-state index in [4.69, 9.17) is 4.74 Å². The van der Waals surface area contributed by atoms with Crippen molar-refractivity contribution in [2.24, 2.45) is 0 Å². The molecule has 0 aromatic heterocycles. The Balaban J connectivity index is 0.00000242. The van der Waals surface area contributed by atoms with Crippen LogP contribution in [0.2, 0.25) is 0 Å². The second kappa shape index (κ2) is 8.51. The van der Waals surface area contributed by atoms with Crippen LogP contribution in [-0.2, 0) is 21.5 Å². The zero-order chi connectivity index (χ0) is 15.3. The molecule has 0 bridgehead atoms. The lowest BCUT2D eigenvalue weighted by molar-refractivity contribution is -0.124. The van der Waals surface area contributed by atoms with Gasteiger partial charge in [0.25, 0.3) is 0 Å². The predicted octanol–water partition coefficient (Wildman–Crippen LogP) is 2.40. The third-order valence-corrected chi connectivity index (χ3v) is 3.97. The van der Waals surface area contributed by atoms with Gasteiger partial charge in [0, 0.05) is 19.0 Å². The van der Waals surface area contributed by atoms with Crippen LogP contribution in [0.5, 0.6) is 0 Å². The molecule has 1 heterocycles. The maximum Gasteiger partial charge on any atom is 0.222 e. The minimum atomic E-state index is -0.362. The molecule has 1 aliphatic rings. The maximum atomic E-state index is 12.2. The molecule has 1 amide bonds. The Labute approximate surface area is 139 Å². The molecule has 1 aromatic rings. The van der Waals surface area contributed by atoms with E-state index in [0.717, 1.165) is 25.1 Å². The summed E-state index contributed by atoms with van der Waals surface area (Å²) < 4.78 is 5.38. The zero-order valence-corrected chi connectivity index (χ0v) is 14.5. The molecule has 4 nitrogen and oxygen atoms in total. The number of ether oxygens (including phenoxy) is 1. The maximum absolute atomic E-state index is 12.2. The van der Waals surface area contributed by atoms with Crippen LogP contribution in [0.3, 0.4) is 0 Å². The monoisotopic (exact) mass is 326 g/mol. The molecule has 1 saturated heterocycles. The van der Waals surface area contributed by atoms with Gasteiger partial charge in [0.05, 0.1) is 18.8 Å². The van der Waals surface area contributed by atoms with E-state index in [1.165, 1.54) is 5.56 Å². The Hall–Kier alpha value is -1.10. The number of carbonyl (C=O) groups excluding carboxylic acids is 1. The van der Waals surface area contributed by atoms with Crippen LogP contribution < -0.4 is 10.6 Å². The van der Waals surface area contributed by atoms with Crippen molar-refractivity contribution in [3.05, 3.63) is 35.4 Å². The topological polar surface area (TPSA) is 50.4 Å². The van der Waals surface area contributed by atoms with Crippen molar-refractivity contribution in [2.45, 2.75) is 45.2 Å². The van der Waals surface area contributed by atoms with Gasteiger partial charge in [0.2, 0.25) is 5.91 Å². The second-order valence-electron chi connectivity index (χ2n) is 6.15. The van der Waals surface area contributed by atoms with Gasteiger partial charge in [-0.25, -0.2) is 0 Å². The van der Waals surface area contributed by atoms with E-state index in [-0.39, 0.29) is 29.9 Å². The number of nitrogens with one attached hydrogen (secondary N) is 2. The number of carbonyl (C=O) groups is 1. The van der Waals surface area contributed by atoms with E-state index in [1.807, 2.05) is 13.8 Å². The third-order valence-electron chi connectivity index (χ3n) is 3.97. The number of aryl methyl sites for hydroxylation is 1. The van der Waals surface area contributed by atoms with Crippen molar-refractivity contribution < 1.29 is 9.53 Å². The number of benzene rings is 1. The van der Waals surface area contributed by atoms with Crippen molar-refractivity contribution in [2.75, 3.05) is 19.8 Å². The smallest absolute Gasteiger partial charge is 0.222 e. The normalized spacial score (nSPS) is 18.4. The molecular formula is C17H27ClN2O2. The summed E-state index contributed by atoms with van der Waals surface area (Å²) in [6, 6.07) is 8.57. The number of halogens is 1. The van der Waals surface area contributed by atoms with Crippen molar-refractivity contribution in [3.63, 3.8) is 0 Å². The lowest BCUT2D eigenvalue weighted by Gasteiger charge is -2.29. The molecule has 1 fully saturated rings. The summed E-state index contributed by atoms with van der Waals surface area (Å²) in [4.78, 5) is 12.2. The summed E-state index contributed by atoms with van der Waals surface area (Å²) in [6.45, 7) is 8.38. The molecule has 124 valence electrons. The van der Waals surface area contributed by atoms with E-state index in [9.17, 15) is 4.79 Å². The molecule has 2 rings (SSSR count). The van der Waals surface area contributed by atoms with E-state index >= 15 is 0 Å². The van der Waals surface area contributed by atoms with E-state index < -0.39 is 0 Å². The van der Waals surface area contributed by atoms with Gasteiger partial charge in [-0.05, 0) is 31.4 Å². The molecule has 5 heteroatoms. The van der Waals surface area contributed by atoms with Crippen molar-refractivity contribution in [3.8, 4) is 0 Å². The van der Waals surface area contributed by atoms with Gasteiger partial charge in [-0.15, -0.1) is 12.4 Å². The first-order valence-corrected chi connectivity index (χ1v) is 7.73. The highest BCUT2D eigenvalue weighted by Crippen LogP contribution is 2.21. The molecule has 2 N–H and O–H groups in total. The molecule has 0 spiro atoms. The fraction of sp³-hybridized carbons (Fsp3) is 0.588. The Morgan fingerprint density at radius 3 is 2.59 bits per heavy atom. The summed E-state index contributed by atoms with van der Waals surface area (Å²) in [6.07, 6.45) is 1.48. The zero-order valence-electron chi connectivity index (χ0n) is 13.6. The molecule has 0 aliphatic carbocycles. The van der Waals surface area contributed by atoms with Gasteiger partial charge >= 0.3 is 0 Å². The lowest BCUT2D eigenvalue weighted by Crippen LogP contribution is -2.47. The SMILES string of the molecule is CCc1ccc(C(C)(C)NC(=O)CC2COCCN2)cc1.Cl. The van der Waals surface area contributed by atoms with Gasteiger partial charge in [0.15, 0.2) is 0 Å². The van der Waals surface area contributed by atoms with Crippen molar-refractivity contribution >= 4 is 18.3 Å². The Morgan fingerprint density at radius 1 is 1.36 bits per heavy atom. The quantitative estimate of drug-likeness (QED) is 0.873. The van der Waals surface area contributed by atoms with E-state index in [1.54, 1.807) is 0 Å². The molecule has 22 heavy (non-hydrogen) atoms. The van der Waals surface area contributed by atoms with Crippen LogP contribution in [0.4, 0.5) is 0 Å². The van der Waals surface area contributed by atoms with Crippen LogP contribution in [0, 0.1) is 0 Å². The summed E-state index contributed by atoms with van der Waals surface area (Å²) in [7, 11) is 0. The highest BCUT2D eigenvalue weighted by Gasteiger charge is 2.25. The number of hydrogen-bond acceptors (Lipinski definition) is 3. The Morgan fingerprint density at radius 2 is 2.05 bits per heavy atom. The Bertz CT molecular complexity index is 468. The van der Waals surface area contributed by atoms with Gasteiger partial charge in [-0.1, -0.05) is 31.2 Å². The number of hydrogen-bond donors (Lipinski definition) is 2. The molecule has 1 unspecified atom stereocenters. The van der Waals surface area contributed by atoms with Crippen LogP contribution >= 0.6 is 12.4 Å². The third kappa shape index (κ3) is 5.27. The average Bonchev–Trinajstić information content (AvgIpc) is 2.47. The fourth-order valence-corrected chi connectivity index (χ4v) is 2.60. The molecule has 0 saturated carbocycles. The van der Waals surface area contributed by atoms with Gasteiger partial charge in [-0.3, -0.25) is 4.79 Å². The van der Waals surface area contributed by atoms with Crippen LogP contribution in [0.1, 0.15) is 38.3 Å². The average molecular weight is 327 g/mol. The van der Waals surface area contributed by atoms with Gasteiger partial charge in [-0.2, -0.15) is 0 Å². The predicted molar refractivity (Wildman–Crippen MR) is 91.5 cm³/mol. The first-order valence-electron chi connectivity index (χ1n) is 7.73. The minimum absolute atomic E-state index is 0. The minimum Gasteiger partial charge on any atom is -0.378 e. The summed E-state index contributed by atoms with van der Waals surface area (Å²) in [5, 5.41) is 6.43. The first-order chi connectivity index (χ1) is 10.0. The number of rotatable bonds is 5. The second-order valence-corrected chi connectivity index (χ2v) is 6.15. The van der Waals surface area contributed by atoms with Gasteiger partial charge in [0.1, 0.15) is 0 Å². The van der Waals surface area contributed by atoms with Gasteiger partial charge < -0.3 is 15.4 Å². The number of morpholine rings is 1. The Kier molecular flexibility index (Phi) is 7.33. The molecule has 1 aliphatic heterocycles. The van der Waals surface area contributed by atoms with E-state index in [0.29, 0.717) is 13.0 Å². The van der Waals surface area contributed by atoms with Crippen molar-refractivity contribution in [1.29, 1.82) is 0 Å². The molecular weight excluding hydrogens is 300 g/mol. The molecule has 1 atom stereocenters. The van der Waals surface area contributed by atoms with Crippen LogP contribution in [-0.4, -0.2) is 31.7 Å².